The summed E-state index contributed by atoms with van der Waals surface area (Å²) >= 11 is 0. The second kappa shape index (κ2) is 6.52. The fourth-order valence-corrected chi connectivity index (χ4v) is 1.24. The minimum atomic E-state index is -1.10. The summed E-state index contributed by atoms with van der Waals surface area (Å²) in [6.45, 7) is 1.83. The fraction of sp³-hybridized carbons (Fsp3) is 0.333. The Morgan fingerprint density at radius 2 is 1.88 bits per heavy atom. The van der Waals surface area contributed by atoms with Crippen LogP contribution < -0.4 is 0 Å². The molecule has 0 aliphatic heterocycles. The quantitative estimate of drug-likeness (QED) is 0.751. The number of carbonyl (C=O) groups excluding carboxylic acids is 2. The van der Waals surface area contributed by atoms with E-state index < -0.39 is 18.2 Å². The highest BCUT2D eigenvalue weighted by molar-refractivity contribution is 5.79. The molecule has 1 rings (SSSR count). The first-order chi connectivity index (χ1) is 8.19. The van der Waals surface area contributed by atoms with E-state index in [1.54, 1.807) is 37.3 Å². The van der Waals surface area contributed by atoms with Crippen molar-refractivity contribution >= 4 is 12.1 Å². The molecule has 0 aliphatic carbocycles. The summed E-state index contributed by atoms with van der Waals surface area (Å²) in [6, 6.07) is 8.60. The predicted molar refractivity (Wildman–Crippen MR) is 59.3 cm³/mol. The number of esters is 1. The van der Waals surface area contributed by atoms with Crippen LogP contribution in [0.3, 0.4) is 0 Å². The zero-order valence-corrected chi connectivity index (χ0v) is 9.71. The van der Waals surface area contributed by atoms with Gasteiger partial charge in [-0.05, 0) is 6.92 Å². The van der Waals surface area contributed by atoms with Crippen LogP contribution in [0.5, 0.6) is 0 Å². The maximum absolute atomic E-state index is 11.5. The number of ether oxygens (including phenoxy) is 3. The summed E-state index contributed by atoms with van der Waals surface area (Å²) in [7, 11) is 1.23. The van der Waals surface area contributed by atoms with Crippen LogP contribution in [0.25, 0.3) is 0 Å². The third kappa shape index (κ3) is 3.79. The molecule has 0 spiro atoms. The molecule has 17 heavy (non-hydrogen) atoms. The summed E-state index contributed by atoms with van der Waals surface area (Å²) in [5, 5.41) is 0. The molecule has 0 aromatic heterocycles. The lowest BCUT2D eigenvalue weighted by Crippen LogP contribution is -2.21. The Balaban J connectivity index is 2.82. The van der Waals surface area contributed by atoms with Gasteiger partial charge in [0.25, 0.3) is 0 Å². The number of rotatable bonds is 4. The molecular weight excluding hydrogens is 224 g/mol. The van der Waals surface area contributed by atoms with Crippen molar-refractivity contribution in [2.24, 2.45) is 0 Å². The number of hydrogen-bond acceptors (Lipinski definition) is 5. The van der Waals surface area contributed by atoms with Gasteiger partial charge >= 0.3 is 12.1 Å². The third-order valence-corrected chi connectivity index (χ3v) is 1.99. The summed E-state index contributed by atoms with van der Waals surface area (Å²) in [4.78, 5) is 22.7. The van der Waals surface area contributed by atoms with E-state index in [0.29, 0.717) is 5.56 Å². The van der Waals surface area contributed by atoms with Crippen molar-refractivity contribution < 1.29 is 23.8 Å². The molecule has 0 fully saturated rings. The van der Waals surface area contributed by atoms with Gasteiger partial charge in [0, 0.05) is 5.56 Å². The Bertz CT molecular complexity index is 374. The molecule has 1 atom stereocenters. The Kier molecular flexibility index (Phi) is 5.00. The van der Waals surface area contributed by atoms with Crippen LogP contribution in [0.4, 0.5) is 4.79 Å². The lowest BCUT2D eigenvalue weighted by atomic mass is 10.1. The molecular formula is C12H14O5. The number of hydrogen-bond donors (Lipinski definition) is 0. The minimum Gasteiger partial charge on any atom is -0.466 e. The molecule has 5 nitrogen and oxygen atoms in total. The lowest BCUT2D eigenvalue weighted by Gasteiger charge is -2.15. The molecule has 0 amide bonds. The molecule has 0 radical (unpaired) electrons. The van der Waals surface area contributed by atoms with Crippen molar-refractivity contribution in [3.8, 4) is 0 Å². The first-order valence-electron chi connectivity index (χ1n) is 5.15. The second-order valence-corrected chi connectivity index (χ2v) is 3.11. The van der Waals surface area contributed by atoms with E-state index in [4.69, 9.17) is 4.74 Å². The second-order valence-electron chi connectivity index (χ2n) is 3.11. The van der Waals surface area contributed by atoms with Crippen LogP contribution >= 0.6 is 0 Å². The van der Waals surface area contributed by atoms with Crippen LogP contribution in [0.1, 0.15) is 18.6 Å². The van der Waals surface area contributed by atoms with Crippen LogP contribution in [0.15, 0.2) is 30.3 Å². The van der Waals surface area contributed by atoms with Crippen LogP contribution in [0, 0.1) is 0 Å². The fourth-order valence-electron chi connectivity index (χ4n) is 1.24. The van der Waals surface area contributed by atoms with Crippen molar-refractivity contribution in [1.29, 1.82) is 0 Å². The third-order valence-electron chi connectivity index (χ3n) is 1.99. The highest BCUT2D eigenvalue weighted by atomic mass is 16.7. The Hall–Kier alpha value is -2.04. The average molecular weight is 238 g/mol. The van der Waals surface area contributed by atoms with Gasteiger partial charge in [0.1, 0.15) is 0 Å². The molecule has 92 valence electrons. The highest BCUT2D eigenvalue weighted by Crippen LogP contribution is 2.19. The molecule has 0 N–H and O–H groups in total. The average Bonchev–Trinajstić information content (AvgIpc) is 2.36. The number of carbonyl (C=O) groups is 2. The maximum atomic E-state index is 11.5. The van der Waals surface area contributed by atoms with Crippen molar-refractivity contribution in [1.82, 2.24) is 0 Å². The molecule has 0 heterocycles. The standard InChI is InChI=1S/C12H14O5/c1-3-16-12(14)17-10(11(13)15-2)9-7-5-4-6-8-9/h4-8,10H,3H2,1-2H3. The number of methoxy groups -OCH3 is 1. The van der Waals surface area contributed by atoms with Gasteiger partial charge in [-0.1, -0.05) is 30.3 Å². The smallest absolute Gasteiger partial charge is 0.466 e. The van der Waals surface area contributed by atoms with Crippen LogP contribution in [0.2, 0.25) is 0 Å². The van der Waals surface area contributed by atoms with Crippen molar-refractivity contribution in [3.05, 3.63) is 35.9 Å². The van der Waals surface area contributed by atoms with Crippen LogP contribution in [-0.4, -0.2) is 25.8 Å². The SMILES string of the molecule is CCOC(=O)OC(C(=O)OC)c1ccccc1. The summed E-state index contributed by atoms with van der Waals surface area (Å²) < 4.78 is 14.1. The van der Waals surface area contributed by atoms with E-state index >= 15 is 0 Å². The van der Waals surface area contributed by atoms with Crippen molar-refractivity contribution in [2.75, 3.05) is 13.7 Å². The zero-order valence-electron chi connectivity index (χ0n) is 9.71. The Labute approximate surface area is 99.3 Å². The van der Waals surface area contributed by atoms with Gasteiger partial charge in [-0.2, -0.15) is 0 Å². The lowest BCUT2D eigenvalue weighted by molar-refractivity contribution is -0.152. The predicted octanol–water partition coefficient (Wildman–Crippen LogP) is 2.07. The first kappa shape index (κ1) is 13.0. The van der Waals surface area contributed by atoms with E-state index in [1.165, 1.54) is 7.11 Å². The monoisotopic (exact) mass is 238 g/mol. The highest BCUT2D eigenvalue weighted by Gasteiger charge is 2.26. The molecule has 5 heteroatoms. The maximum Gasteiger partial charge on any atom is 0.509 e. The van der Waals surface area contributed by atoms with Gasteiger partial charge in [0.15, 0.2) is 0 Å². The van der Waals surface area contributed by atoms with E-state index in [1.807, 2.05) is 0 Å². The molecule has 1 aromatic rings. The van der Waals surface area contributed by atoms with E-state index in [2.05, 4.69) is 9.47 Å². The molecule has 1 aromatic carbocycles. The Morgan fingerprint density at radius 3 is 2.41 bits per heavy atom. The topological polar surface area (TPSA) is 61.8 Å². The van der Waals surface area contributed by atoms with Gasteiger partial charge in [-0.3, -0.25) is 0 Å². The molecule has 1 unspecified atom stereocenters. The normalized spacial score (nSPS) is 11.4. The number of benzene rings is 1. The van der Waals surface area contributed by atoms with Gasteiger partial charge in [0.05, 0.1) is 13.7 Å². The van der Waals surface area contributed by atoms with Gasteiger partial charge in [-0.25, -0.2) is 9.59 Å². The molecule has 0 saturated carbocycles. The summed E-state index contributed by atoms with van der Waals surface area (Å²) in [5.74, 6) is -0.649. The molecule has 0 saturated heterocycles. The van der Waals surface area contributed by atoms with Crippen LogP contribution in [-0.2, 0) is 19.0 Å². The van der Waals surface area contributed by atoms with Crippen molar-refractivity contribution in [2.45, 2.75) is 13.0 Å². The van der Waals surface area contributed by atoms with Gasteiger partial charge in [0.2, 0.25) is 6.10 Å². The zero-order chi connectivity index (χ0) is 12.7. The van der Waals surface area contributed by atoms with Crippen molar-refractivity contribution in [3.63, 3.8) is 0 Å². The summed E-state index contributed by atoms with van der Waals surface area (Å²) in [6.07, 6.45) is -1.99. The van der Waals surface area contributed by atoms with Gasteiger partial charge in [-0.15, -0.1) is 0 Å². The van der Waals surface area contributed by atoms with E-state index in [0.717, 1.165) is 0 Å². The largest absolute Gasteiger partial charge is 0.509 e. The Morgan fingerprint density at radius 1 is 1.24 bits per heavy atom. The molecule has 0 aliphatic rings. The first-order valence-corrected chi connectivity index (χ1v) is 5.15. The van der Waals surface area contributed by atoms with E-state index in [9.17, 15) is 9.59 Å². The van der Waals surface area contributed by atoms with Gasteiger partial charge < -0.3 is 14.2 Å². The summed E-state index contributed by atoms with van der Waals surface area (Å²) in [5.41, 5.74) is 0.535. The van der Waals surface area contributed by atoms with E-state index in [-0.39, 0.29) is 6.61 Å². The minimum absolute atomic E-state index is 0.182. The molecule has 0 bridgehead atoms.